The Morgan fingerprint density at radius 2 is 1.91 bits per heavy atom. The van der Waals surface area contributed by atoms with Crippen molar-refractivity contribution >= 4 is 17.4 Å². The standard InChI is InChI=1S/C24H23F3N4O2/c1-33-20-11-5-3-9-16(20)18-13-21(24(25,26)27)31-22(29-18)17(14-28-31)23(32)30-12-6-8-15-7-2-4-10-19(15)30/h2-5,7,9-11,14,18,21,29H,6,8,12-13H2,1H3. The van der Waals surface area contributed by atoms with E-state index < -0.39 is 18.3 Å². The van der Waals surface area contributed by atoms with Gasteiger partial charge >= 0.3 is 6.18 Å². The van der Waals surface area contributed by atoms with E-state index in [-0.39, 0.29) is 23.7 Å². The zero-order valence-electron chi connectivity index (χ0n) is 18.0. The van der Waals surface area contributed by atoms with Gasteiger partial charge in [-0.1, -0.05) is 36.4 Å². The van der Waals surface area contributed by atoms with Crippen LogP contribution in [0.15, 0.2) is 54.7 Å². The quantitative estimate of drug-likeness (QED) is 0.593. The highest BCUT2D eigenvalue weighted by Crippen LogP contribution is 2.46. The Bertz CT molecular complexity index is 1190. The van der Waals surface area contributed by atoms with E-state index in [1.807, 2.05) is 24.3 Å². The molecule has 3 aromatic rings. The van der Waals surface area contributed by atoms with Crippen molar-refractivity contribution in [3.8, 4) is 5.75 Å². The lowest BCUT2D eigenvalue weighted by Crippen LogP contribution is -2.38. The normalized spacial score (nSPS) is 19.9. The van der Waals surface area contributed by atoms with E-state index in [9.17, 15) is 18.0 Å². The third-order valence-electron chi connectivity index (χ3n) is 6.34. The molecule has 2 atom stereocenters. The molecule has 6 nitrogen and oxygen atoms in total. The number of nitrogens with zero attached hydrogens (tertiary/aromatic N) is 3. The van der Waals surface area contributed by atoms with Crippen molar-refractivity contribution in [3.63, 3.8) is 0 Å². The Morgan fingerprint density at radius 3 is 2.70 bits per heavy atom. The number of nitrogens with one attached hydrogen (secondary N) is 1. The van der Waals surface area contributed by atoms with Gasteiger partial charge in [-0.3, -0.25) is 4.79 Å². The first-order chi connectivity index (χ1) is 15.9. The molecule has 1 N–H and O–H groups in total. The van der Waals surface area contributed by atoms with Crippen molar-refractivity contribution < 1.29 is 22.7 Å². The maximum absolute atomic E-state index is 14.0. The molecular formula is C24H23F3N4O2. The summed E-state index contributed by atoms with van der Waals surface area (Å²) >= 11 is 0. The summed E-state index contributed by atoms with van der Waals surface area (Å²) < 4.78 is 48.4. The zero-order valence-corrected chi connectivity index (χ0v) is 18.0. The predicted molar refractivity (Wildman–Crippen MR) is 118 cm³/mol. The summed E-state index contributed by atoms with van der Waals surface area (Å²) in [6, 6.07) is 12.0. The number of amides is 1. The average Bonchev–Trinajstić information content (AvgIpc) is 3.26. The Hall–Kier alpha value is -3.49. The second kappa shape index (κ2) is 8.13. The third-order valence-corrected chi connectivity index (χ3v) is 6.34. The molecule has 2 aliphatic heterocycles. The molecule has 2 unspecified atom stereocenters. The summed E-state index contributed by atoms with van der Waals surface area (Å²) in [5.41, 5.74) is 2.56. The summed E-state index contributed by atoms with van der Waals surface area (Å²) in [6.07, 6.45) is -1.91. The van der Waals surface area contributed by atoms with Gasteiger partial charge < -0.3 is 15.0 Å². The molecule has 0 aliphatic carbocycles. The van der Waals surface area contributed by atoms with Gasteiger partial charge in [-0.05, 0) is 30.5 Å². The van der Waals surface area contributed by atoms with Crippen LogP contribution in [0.25, 0.3) is 0 Å². The van der Waals surface area contributed by atoms with E-state index in [0.717, 1.165) is 28.8 Å². The number of fused-ring (bicyclic) bond motifs is 2. The van der Waals surface area contributed by atoms with Crippen LogP contribution in [0.2, 0.25) is 0 Å². The van der Waals surface area contributed by atoms with Gasteiger partial charge in [0.1, 0.15) is 17.1 Å². The summed E-state index contributed by atoms with van der Waals surface area (Å²) in [5.74, 6) is 0.201. The molecule has 0 spiro atoms. The fraction of sp³-hybridized carbons (Fsp3) is 0.333. The summed E-state index contributed by atoms with van der Waals surface area (Å²) in [4.78, 5) is 15.2. The molecule has 0 radical (unpaired) electrons. The zero-order chi connectivity index (χ0) is 23.2. The topological polar surface area (TPSA) is 59.4 Å². The highest BCUT2D eigenvalue weighted by atomic mass is 19.4. The lowest BCUT2D eigenvalue weighted by atomic mass is 9.95. The number of anilines is 2. The molecule has 0 bridgehead atoms. The Labute approximate surface area is 189 Å². The van der Waals surface area contributed by atoms with Crippen LogP contribution in [-0.2, 0) is 6.42 Å². The number of halogens is 3. The molecule has 2 aliphatic rings. The lowest BCUT2D eigenvalue weighted by Gasteiger charge is -2.35. The van der Waals surface area contributed by atoms with Gasteiger partial charge in [0.25, 0.3) is 5.91 Å². The number of aryl methyl sites for hydroxylation is 1. The van der Waals surface area contributed by atoms with Gasteiger partial charge in [0.15, 0.2) is 6.04 Å². The SMILES string of the molecule is COc1ccccc1C1CC(C(F)(F)F)n2ncc(C(=O)N3CCCc4ccccc43)c2N1. The highest BCUT2D eigenvalue weighted by Gasteiger charge is 2.48. The fourth-order valence-corrected chi connectivity index (χ4v) is 4.77. The monoisotopic (exact) mass is 456 g/mol. The second-order valence-electron chi connectivity index (χ2n) is 8.27. The Morgan fingerprint density at radius 1 is 1.15 bits per heavy atom. The smallest absolute Gasteiger partial charge is 0.410 e. The van der Waals surface area contributed by atoms with Gasteiger partial charge in [-0.2, -0.15) is 18.3 Å². The van der Waals surface area contributed by atoms with E-state index in [4.69, 9.17) is 4.74 Å². The molecule has 0 fully saturated rings. The van der Waals surface area contributed by atoms with Gasteiger partial charge in [-0.25, -0.2) is 4.68 Å². The molecule has 0 saturated carbocycles. The van der Waals surface area contributed by atoms with E-state index in [1.165, 1.54) is 13.3 Å². The van der Waals surface area contributed by atoms with Crippen LogP contribution in [0.3, 0.4) is 0 Å². The molecule has 0 saturated heterocycles. The van der Waals surface area contributed by atoms with Gasteiger partial charge in [0.2, 0.25) is 0 Å². The molecule has 172 valence electrons. The number of hydrogen-bond acceptors (Lipinski definition) is 4. The van der Waals surface area contributed by atoms with E-state index >= 15 is 0 Å². The molecule has 3 heterocycles. The molecule has 1 aromatic heterocycles. The average molecular weight is 456 g/mol. The van der Waals surface area contributed by atoms with Crippen molar-refractivity contribution in [2.24, 2.45) is 0 Å². The minimum absolute atomic E-state index is 0.0764. The number of ether oxygens (including phenoxy) is 1. The number of carbonyl (C=O) groups is 1. The highest BCUT2D eigenvalue weighted by molar-refractivity contribution is 6.09. The number of alkyl halides is 3. The van der Waals surface area contributed by atoms with Crippen LogP contribution in [0.4, 0.5) is 24.7 Å². The molecule has 9 heteroatoms. The van der Waals surface area contributed by atoms with Crippen LogP contribution in [-0.4, -0.2) is 35.5 Å². The number of rotatable bonds is 3. The van der Waals surface area contributed by atoms with Crippen molar-refractivity contribution in [1.29, 1.82) is 0 Å². The second-order valence-corrected chi connectivity index (χ2v) is 8.27. The van der Waals surface area contributed by atoms with Crippen LogP contribution < -0.4 is 15.0 Å². The van der Waals surface area contributed by atoms with Crippen LogP contribution in [0.1, 0.15) is 46.4 Å². The number of carbonyl (C=O) groups excluding carboxylic acids is 1. The summed E-state index contributed by atoms with van der Waals surface area (Å²) in [7, 11) is 1.48. The predicted octanol–water partition coefficient (Wildman–Crippen LogP) is 5.15. The van der Waals surface area contributed by atoms with Crippen molar-refractivity contribution in [2.45, 2.75) is 37.5 Å². The van der Waals surface area contributed by atoms with Crippen LogP contribution in [0.5, 0.6) is 5.75 Å². The maximum atomic E-state index is 14.0. The van der Waals surface area contributed by atoms with Gasteiger partial charge in [0, 0.05) is 24.2 Å². The minimum Gasteiger partial charge on any atom is -0.496 e. The van der Waals surface area contributed by atoms with E-state index in [0.29, 0.717) is 17.9 Å². The maximum Gasteiger partial charge on any atom is 0.410 e. The van der Waals surface area contributed by atoms with Gasteiger partial charge in [-0.15, -0.1) is 0 Å². The van der Waals surface area contributed by atoms with Crippen molar-refractivity contribution in [1.82, 2.24) is 9.78 Å². The lowest BCUT2D eigenvalue weighted by molar-refractivity contribution is -0.173. The van der Waals surface area contributed by atoms with Crippen molar-refractivity contribution in [2.75, 3.05) is 23.9 Å². The largest absolute Gasteiger partial charge is 0.496 e. The number of para-hydroxylation sites is 2. The summed E-state index contributed by atoms with van der Waals surface area (Å²) in [5, 5.41) is 7.16. The molecule has 2 aromatic carbocycles. The molecular weight excluding hydrogens is 433 g/mol. The first-order valence-electron chi connectivity index (χ1n) is 10.8. The van der Waals surface area contributed by atoms with Crippen molar-refractivity contribution in [3.05, 3.63) is 71.4 Å². The van der Waals surface area contributed by atoms with Crippen LogP contribution in [0, 0.1) is 0 Å². The van der Waals surface area contributed by atoms with Gasteiger partial charge in [0.05, 0.1) is 19.3 Å². The number of methoxy groups -OCH3 is 1. The Balaban J connectivity index is 1.56. The molecule has 33 heavy (non-hydrogen) atoms. The number of benzene rings is 2. The molecule has 5 rings (SSSR count). The molecule has 1 amide bonds. The fourth-order valence-electron chi connectivity index (χ4n) is 4.77. The minimum atomic E-state index is -4.53. The number of hydrogen-bond donors (Lipinski definition) is 1. The van der Waals surface area contributed by atoms with E-state index in [1.54, 1.807) is 29.2 Å². The van der Waals surface area contributed by atoms with E-state index in [2.05, 4.69) is 10.4 Å². The summed E-state index contributed by atoms with van der Waals surface area (Å²) in [6.45, 7) is 0.499. The first kappa shape index (κ1) is 21.4. The van der Waals surface area contributed by atoms with Crippen LogP contribution >= 0.6 is 0 Å². The third kappa shape index (κ3) is 3.71. The first-order valence-corrected chi connectivity index (χ1v) is 10.8. The Kier molecular flexibility index (Phi) is 5.26. The number of aromatic nitrogens is 2.